The Hall–Kier alpha value is -2.28. The maximum Gasteiger partial charge on any atom is 0.255 e. The fourth-order valence-electron chi connectivity index (χ4n) is 2.90. The Balaban J connectivity index is 1.82. The van der Waals surface area contributed by atoms with Crippen molar-refractivity contribution in [2.45, 2.75) is 11.7 Å². The first kappa shape index (κ1) is 16.6. The van der Waals surface area contributed by atoms with Crippen LogP contribution >= 0.6 is 0 Å². The van der Waals surface area contributed by atoms with Gasteiger partial charge in [-0.2, -0.15) is 0 Å². The normalized spacial score (nSPS) is 20.4. The van der Waals surface area contributed by atoms with Crippen molar-refractivity contribution in [1.82, 2.24) is 9.88 Å². The molecule has 0 saturated carbocycles. The van der Waals surface area contributed by atoms with Crippen LogP contribution in [0, 0.1) is 5.82 Å². The second-order valence-electron chi connectivity index (χ2n) is 5.74. The highest BCUT2D eigenvalue weighted by molar-refractivity contribution is 7.91. The van der Waals surface area contributed by atoms with E-state index in [1.165, 1.54) is 11.1 Å². The summed E-state index contributed by atoms with van der Waals surface area (Å²) >= 11 is 0. The zero-order valence-electron chi connectivity index (χ0n) is 12.9. The monoisotopic (exact) mass is 348 g/mol. The first-order chi connectivity index (χ1) is 11.5. The lowest BCUT2D eigenvalue weighted by Gasteiger charge is -2.19. The summed E-state index contributed by atoms with van der Waals surface area (Å²) in [5.41, 5.74) is 0.866. The number of hydrogen-bond donors (Lipinski definition) is 0. The van der Waals surface area contributed by atoms with E-state index in [1.807, 2.05) is 6.07 Å². The second-order valence-corrected chi connectivity index (χ2v) is 8.04. The van der Waals surface area contributed by atoms with E-state index in [0.717, 1.165) is 17.8 Å². The topological polar surface area (TPSA) is 67.3 Å². The van der Waals surface area contributed by atoms with Crippen molar-refractivity contribution in [3.05, 3.63) is 65.7 Å². The molecule has 0 bridgehead atoms. The molecule has 2 aromatic rings. The standard InChI is InChI=1S/C17H17FN2O3S/c18-15-10-14(11-19-12-15)17(21)20-7-6-16(24(22,23)9-8-20)13-4-2-1-3-5-13/h1-5,10-12,16H,6-9H2. The minimum atomic E-state index is -3.35. The molecule has 24 heavy (non-hydrogen) atoms. The number of carbonyl (C=O) groups is 1. The van der Waals surface area contributed by atoms with Crippen LogP contribution < -0.4 is 0 Å². The minimum absolute atomic E-state index is 0.0982. The second kappa shape index (κ2) is 6.68. The summed E-state index contributed by atoms with van der Waals surface area (Å²) in [7, 11) is -3.35. The van der Waals surface area contributed by atoms with Crippen LogP contribution in [0.5, 0.6) is 0 Å². The number of halogens is 1. The highest BCUT2D eigenvalue weighted by atomic mass is 32.2. The summed E-state index contributed by atoms with van der Waals surface area (Å²) in [4.78, 5) is 17.6. The van der Waals surface area contributed by atoms with Crippen molar-refractivity contribution in [3.63, 3.8) is 0 Å². The molecule has 1 aromatic carbocycles. The van der Waals surface area contributed by atoms with E-state index in [4.69, 9.17) is 0 Å². The molecule has 1 fully saturated rings. The average molecular weight is 348 g/mol. The number of amides is 1. The molecule has 0 spiro atoms. The van der Waals surface area contributed by atoms with Crippen molar-refractivity contribution >= 4 is 15.7 Å². The first-order valence-electron chi connectivity index (χ1n) is 7.64. The molecule has 1 saturated heterocycles. The van der Waals surface area contributed by atoms with E-state index < -0.39 is 26.8 Å². The Morgan fingerprint density at radius 3 is 2.62 bits per heavy atom. The zero-order valence-corrected chi connectivity index (χ0v) is 13.7. The number of benzene rings is 1. The van der Waals surface area contributed by atoms with E-state index in [9.17, 15) is 17.6 Å². The van der Waals surface area contributed by atoms with Crippen molar-refractivity contribution in [1.29, 1.82) is 0 Å². The number of rotatable bonds is 2. The third-order valence-corrected chi connectivity index (χ3v) is 6.28. The van der Waals surface area contributed by atoms with Crippen LogP contribution in [0.1, 0.15) is 27.6 Å². The summed E-state index contributed by atoms with van der Waals surface area (Å²) in [5, 5.41) is -0.623. The van der Waals surface area contributed by atoms with Gasteiger partial charge in [0, 0.05) is 19.3 Å². The van der Waals surface area contributed by atoms with Gasteiger partial charge in [-0.1, -0.05) is 30.3 Å². The lowest BCUT2D eigenvalue weighted by atomic mass is 10.1. The van der Waals surface area contributed by atoms with Crippen molar-refractivity contribution < 1.29 is 17.6 Å². The number of aromatic nitrogens is 1. The summed E-state index contributed by atoms with van der Waals surface area (Å²) in [5.74, 6) is -1.10. The van der Waals surface area contributed by atoms with Gasteiger partial charge in [0.05, 0.1) is 22.8 Å². The molecule has 1 aliphatic rings. The summed E-state index contributed by atoms with van der Waals surface area (Å²) in [6.07, 6.45) is 2.63. The highest BCUT2D eigenvalue weighted by Gasteiger charge is 2.32. The molecule has 7 heteroatoms. The Labute approximate surface area is 140 Å². The SMILES string of the molecule is O=C(c1cncc(F)c1)N1CCC(c2ccccc2)S(=O)(=O)CC1. The van der Waals surface area contributed by atoms with Crippen LogP contribution in [-0.2, 0) is 9.84 Å². The van der Waals surface area contributed by atoms with Gasteiger partial charge in [-0.3, -0.25) is 9.78 Å². The molecule has 1 atom stereocenters. The molecule has 1 unspecified atom stereocenters. The van der Waals surface area contributed by atoms with E-state index in [0.29, 0.717) is 13.0 Å². The van der Waals surface area contributed by atoms with Gasteiger partial charge in [-0.25, -0.2) is 12.8 Å². The van der Waals surface area contributed by atoms with Gasteiger partial charge in [0.1, 0.15) is 5.82 Å². The average Bonchev–Trinajstić information content (AvgIpc) is 2.73. The van der Waals surface area contributed by atoms with E-state index >= 15 is 0 Å². The Bertz CT molecular complexity index is 840. The molecule has 126 valence electrons. The quantitative estimate of drug-likeness (QED) is 0.835. The molecule has 0 aliphatic carbocycles. The van der Waals surface area contributed by atoms with Crippen molar-refractivity contribution in [3.8, 4) is 0 Å². The fraction of sp³-hybridized carbons (Fsp3) is 0.294. The van der Waals surface area contributed by atoms with Crippen molar-refractivity contribution in [2.24, 2.45) is 0 Å². The molecular weight excluding hydrogens is 331 g/mol. The van der Waals surface area contributed by atoms with Gasteiger partial charge < -0.3 is 4.90 Å². The van der Waals surface area contributed by atoms with E-state index in [-0.39, 0.29) is 17.9 Å². The Kier molecular flexibility index (Phi) is 4.62. The van der Waals surface area contributed by atoms with Gasteiger partial charge in [-0.15, -0.1) is 0 Å². The highest BCUT2D eigenvalue weighted by Crippen LogP contribution is 2.29. The van der Waals surface area contributed by atoms with Crippen molar-refractivity contribution in [2.75, 3.05) is 18.8 Å². The predicted octanol–water partition coefficient (Wildman–Crippen LogP) is 2.22. The lowest BCUT2D eigenvalue weighted by Crippen LogP contribution is -2.33. The molecule has 3 rings (SSSR count). The molecular formula is C17H17FN2O3S. The zero-order chi connectivity index (χ0) is 17.2. The fourth-order valence-corrected chi connectivity index (χ4v) is 4.70. The van der Waals surface area contributed by atoms with Gasteiger partial charge in [-0.05, 0) is 18.1 Å². The third-order valence-electron chi connectivity index (χ3n) is 4.15. The number of nitrogens with zero attached hydrogens (tertiary/aromatic N) is 2. The van der Waals surface area contributed by atoms with Gasteiger partial charge in [0.15, 0.2) is 9.84 Å². The van der Waals surface area contributed by atoms with Crippen LogP contribution in [0.25, 0.3) is 0 Å². The third kappa shape index (κ3) is 3.46. The molecule has 2 heterocycles. The molecule has 0 N–H and O–H groups in total. The molecule has 1 amide bonds. The van der Waals surface area contributed by atoms with Gasteiger partial charge in [0.2, 0.25) is 0 Å². The lowest BCUT2D eigenvalue weighted by molar-refractivity contribution is 0.0765. The number of carbonyl (C=O) groups excluding carboxylic acids is 1. The summed E-state index contributed by atoms with van der Waals surface area (Å²) in [6.45, 7) is 0.398. The van der Waals surface area contributed by atoms with Crippen LogP contribution in [0.4, 0.5) is 4.39 Å². The number of hydrogen-bond acceptors (Lipinski definition) is 4. The Morgan fingerprint density at radius 2 is 1.92 bits per heavy atom. The summed E-state index contributed by atoms with van der Waals surface area (Å²) < 4.78 is 38.4. The number of pyridine rings is 1. The molecule has 1 aliphatic heterocycles. The van der Waals surface area contributed by atoms with Crippen LogP contribution in [0.3, 0.4) is 0 Å². The largest absolute Gasteiger partial charge is 0.338 e. The first-order valence-corrected chi connectivity index (χ1v) is 9.35. The van der Waals surface area contributed by atoms with Crippen LogP contribution in [0.15, 0.2) is 48.8 Å². The van der Waals surface area contributed by atoms with Crippen LogP contribution in [0.2, 0.25) is 0 Å². The predicted molar refractivity (Wildman–Crippen MR) is 87.7 cm³/mol. The van der Waals surface area contributed by atoms with Gasteiger partial charge >= 0.3 is 0 Å². The maximum atomic E-state index is 13.3. The summed E-state index contributed by atoms with van der Waals surface area (Å²) in [6, 6.07) is 10.1. The van der Waals surface area contributed by atoms with E-state index in [1.54, 1.807) is 24.3 Å². The van der Waals surface area contributed by atoms with E-state index in [2.05, 4.69) is 4.98 Å². The molecule has 0 radical (unpaired) electrons. The van der Waals surface area contributed by atoms with Crippen LogP contribution in [-0.4, -0.2) is 43.1 Å². The van der Waals surface area contributed by atoms with Gasteiger partial charge in [0.25, 0.3) is 5.91 Å². The minimum Gasteiger partial charge on any atom is -0.338 e. The smallest absolute Gasteiger partial charge is 0.255 e. The molecule has 5 nitrogen and oxygen atoms in total. The molecule has 1 aromatic heterocycles. The number of sulfone groups is 1. The maximum absolute atomic E-state index is 13.3. The Morgan fingerprint density at radius 1 is 1.17 bits per heavy atom.